The predicted octanol–water partition coefficient (Wildman–Crippen LogP) is -0.500. The van der Waals surface area contributed by atoms with Crippen molar-refractivity contribution in [3.05, 3.63) is 0 Å². The van der Waals surface area contributed by atoms with Gasteiger partial charge in [0.2, 0.25) is 0 Å². The fourth-order valence-corrected chi connectivity index (χ4v) is 1.55. The predicted molar refractivity (Wildman–Crippen MR) is 35.8 cm³/mol. The molecule has 0 radical (unpaired) electrons. The van der Waals surface area contributed by atoms with Crippen LogP contribution in [-0.4, -0.2) is 29.1 Å². The summed E-state index contributed by atoms with van der Waals surface area (Å²) in [7, 11) is 0. The summed E-state index contributed by atoms with van der Waals surface area (Å²) in [5.74, 6) is 1.69. The number of nitrogens with one attached hydrogen (secondary N) is 1. The standard InChI is InChI=1S/C4H9NOS.H3N/c6-7-3-1-5-2-4-7;/h5H,1-4H2;1H3. The second kappa shape index (κ2) is 4.14. The quantitative estimate of drug-likeness (QED) is 0.441. The van der Waals surface area contributed by atoms with Crippen LogP contribution in [0, 0.1) is 0 Å². The van der Waals surface area contributed by atoms with Crippen molar-refractivity contribution in [1.82, 2.24) is 11.5 Å². The van der Waals surface area contributed by atoms with Crippen LogP contribution in [0.5, 0.6) is 0 Å². The molecule has 0 amide bonds. The SMILES string of the molecule is N.[O-][S+]1CCNCC1. The Kier molecular flexibility index (Phi) is 4.26. The van der Waals surface area contributed by atoms with Crippen LogP contribution in [0.1, 0.15) is 0 Å². The van der Waals surface area contributed by atoms with Gasteiger partial charge in [0.15, 0.2) is 0 Å². The Labute approximate surface area is 52.6 Å². The molecule has 1 rings (SSSR count). The van der Waals surface area contributed by atoms with Gasteiger partial charge in [0.1, 0.15) is 11.5 Å². The highest BCUT2D eigenvalue weighted by molar-refractivity contribution is 7.91. The molecule has 8 heavy (non-hydrogen) atoms. The fourth-order valence-electron chi connectivity index (χ4n) is 0.599. The Morgan fingerprint density at radius 3 is 2.00 bits per heavy atom. The fraction of sp³-hybridized carbons (Fsp3) is 1.00. The summed E-state index contributed by atoms with van der Waals surface area (Å²) in [5, 5.41) is 3.12. The summed E-state index contributed by atoms with van der Waals surface area (Å²) in [5.41, 5.74) is 0. The van der Waals surface area contributed by atoms with Gasteiger partial charge in [-0.2, -0.15) is 0 Å². The van der Waals surface area contributed by atoms with Gasteiger partial charge in [-0.25, -0.2) is 0 Å². The maximum absolute atomic E-state index is 10.5. The molecule has 0 unspecified atom stereocenters. The molecule has 0 bridgehead atoms. The number of rotatable bonds is 0. The summed E-state index contributed by atoms with van der Waals surface area (Å²) < 4.78 is 10.5. The largest absolute Gasteiger partial charge is 0.616 e. The molecule has 0 aromatic rings. The first-order valence-corrected chi connectivity index (χ1v) is 3.94. The molecule has 1 heterocycles. The monoisotopic (exact) mass is 136 g/mol. The maximum Gasteiger partial charge on any atom is 0.118 e. The van der Waals surface area contributed by atoms with Gasteiger partial charge in [0.25, 0.3) is 0 Å². The van der Waals surface area contributed by atoms with Crippen LogP contribution >= 0.6 is 0 Å². The van der Waals surface area contributed by atoms with E-state index < -0.39 is 11.2 Å². The lowest BCUT2D eigenvalue weighted by Crippen LogP contribution is -2.35. The molecule has 0 atom stereocenters. The minimum absolute atomic E-state index is 0. The minimum atomic E-state index is -0.503. The normalized spacial score (nSPS) is 22.1. The zero-order chi connectivity index (χ0) is 5.11. The van der Waals surface area contributed by atoms with E-state index in [4.69, 9.17) is 0 Å². The van der Waals surface area contributed by atoms with E-state index in [1.54, 1.807) is 0 Å². The molecule has 0 aromatic heterocycles. The van der Waals surface area contributed by atoms with Gasteiger partial charge >= 0.3 is 0 Å². The Balaban J connectivity index is 0.000000490. The first-order chi connectivity index (χ1) is 3.39. The maximum atomic E-state index is 10.5. The highest BCUT2D eigenvalue weighted by Crippen LogP contribution is 1.91. The Bertz CT molecular complexity index is 56.0. The van der Waals surface area contributed by atoms with Crippen LogP contribution in [0.25, 0.3) is 0 Å². The van der Waals surface area contributed by atoms with Crippen LogP contribution in [0.4, 0.5) is 0 Å². The van der Waals surface area contributed by atoms with E-state index in [9.17, 15) is 4.55 Å². The third kappa shape index (κ3) is 2.52. The molecule has 50 valence electrons. The highest BCUT2D eigenvalue weighted by Gasteiger charge is 2.09. The molecule has 0 spiro atoms. The van der Waals surface area contributed by atoms with Gasteiger partial charge in [-0.05, 0) is 0 Å². The molecule has 1 fully saturated rings. The lowest BCUT2D eigenvalue weighted by molar-refractivity contribution is 0.576. The van der Waals surface area contributed by atoms with Gasteiger partial charge in [-0.15, -0.1) is 0 Å². The molecule has 0 saturated carbocycles. The van der Waals surface area contributed by atoms with E-state index in [2.05, 4.69) is 5.32 Å². The van der Waals surface area contributed by atoms with Crippen molar-refractivity contribution in [2.24, 2.45) is 0 Å². The Hall–Kier alpha value is 0.230. The lowest BCUT2D eigenvalue weighted by Gasteiger charge is -2.15. The summed E-state index contributed by atoms with van der Waals surface area (Å²) in [6.45, 7) is 1.87. The zero-order valence-electron chi connectivity index (χ0n) is 4.85. The smallest absolute Gasteiger partial charge is 0.118 e. The number of hydrogen-bond acceptors (Lipinski definition) is 3. The summed E-state index contributed by atoms with van der Waals surface area (Å²) in [4.78, 5) is 0. The van der Waals surface area contributed by atoms with Crippen LogP contribution < -0.4 is 11.5 Å². The molecule has 0 aromatic carbocycles. The molecule has 1 aliphatic heterocycles. The molecule has 3 nitrogen and oxygen atoms in total. The molecular weight excluding hydrogens is 124 g/mol. The van der Waals surface area contributed by atoms with Crippen molar-refractivity contribution < 1.29 is 4.55 Å². The van der Waals surface area contributed by atoms with E-state index in [0.717, 1.165) is 24.6 Å². The van der Waals surface area contributed by atoms with Crippen LogP contribution in [-0.2, 0) is 11.2 Å². The van der Waals surface area contributed by atoms with Gasteiger partial charge in [-0.3, -0.25) is 0 Å². The van der Waals surface area contributed by atoms with E-state index in [1.165, 1.54) is 0 Å². The lowest BCUT2D eigenvalue weighted by atomic mass is 10.6. The van der Waals surface area contributed by atoms with Crippen LogP contribution in [0.2, 0.25) is 0 Å². The van der Waals surface area contributed by atoms with Crippen molar-refractivity contribution in [3.8, 4) is 0 Å². The first kappa shape index (κ1) is 8.23. The molecule has 4 N–H and O–H groups in total. The van der Waals surface area contributed by atoms with Crippen LogP contribution in [0.15, 0.2) is 0 Å². The molecule has 1 aliphatic rings. The average Bonchev–Trinajstić information content (AvgIpc) is 1.69. The van der Waals surface area contributed by atoms with Crippen molar-refractivity contribution in [2.45, 2.75) is 0 Å². The van der Waals surface area contributed by atoms with Crippen molar-refractivity contribution >= 4 is 11.2 Å². The van der Waals surface area contributed by atoms with Gasteiger partial charge in [-0.1, -0.05) is 11.2 Å². The van der Waals surface area contributed by atoms with Gasteiger partial charge < -0.3 is 16.0 Å². The van der Waals surface area contributed by atoms with E-state index in [1.807, 2.05) is 0 Å². The van der Waals surface area contributed by atoms with Crippen molar-refractivity contribution in [2.75, 3.05) is 24.6 Å². The average molecular weight is 136 g/mol. The third-order valence-corrected chi connectivity index (χ3v) is 2.33. The molecule has 4 heteroatoms. The molecule has 1 saturated heterocycles. The van der Waals surface area contributed by atoms with E-state index >= 15 is 0 Å². The molecule has 0 aliphatic carbocycles. The second-order valence-electron chi connectivity index (χ2n) is 1.60. The Morgan fingerprint density at radius 2 is 1.75 bits per heavy atom. The zero-order valence-corrected chi connectivity index (χ0v) is 5.67. The summed E-state index contributed by atoms with van der Waals surface area (Å²) in [6.07, 6.45) is 0. The third-order valence-electron chi connectivity index (χ3n) is 1.01. The highest BCUT2D eigenvalue weighted by atomic mass is 32.2. The summed E-state index contributed by atoms with van der Waals surface area (Å²) in [6, 6.07) is 0. The first-order valence-electron chi connectivity index (χ1n) is 2.45. The summed E-state index contributed by atoms with van der Waals surface area (Å²) >= 11 is -0.503. The second-order valence-corrected chi connectivity index (χ2v) is 3.29. The van der Waals surface area contributed by atoms with Crippen LogP contribution in [0.3, 0.4) is 0 Å². The van der Waals surface area contributed by atoms with Crippen molar-refractivity contribution in [3.63, 3.8) is 0 Å². The Morgan fingerprint density at radius 1 is 1.25 bits per heavy atom. The van der Waals surface area contributed by atoms with Crippen molar-refractivity contribution in [1.29, 1.82) is 0 Å². The minimum Gasteiger partial charge on any atom is -0.616 e. The number of hydrogen-bond donors (Lipinski definition) is 2. The topological polar surface area (TPSA) is 70.1 Å². The molecular formula is C4H12N2OS. The van der Waals surface area contributed by atoms with Gasteiger partial charge in [0.05, 0.1) is 0 Å². The van der Waals surface area contributed by atoms with Gasteiger partial charge in [0, 0.05) is 13.1 Å². The van der Waals surface area contributed by atoms with E-state index in [0.29, 0.717) is 0 Å². The van der Waals surface area contributed by atoms with E-state index in [-0.39, 0.29) is 6.15 Å².